The van der Waals surface area contributed by atoms with E-state index in [4.69, 9.17) is 10.7 Å². The van der Waals surface area contributed by atoms with Crippen LogP contribution in [0.25, 0.3) is 0 Å². The lowest BCUT2D eigenvalue weighted by Gasteiger charge is -2.38. The molecule has 1 aromatic rings. The SMILES string of the molecule is CCN1C(=O)C(NCc2ccccc2)=C(N)N2C1=N[C@@H]1CCC[C@@H]12. The van der Waals surface area contributed by atoms with Crippen molar-refractivity contribution in [3.63, 3.8) is 0 Å². The number of guanidine groups is 1. The van der Waals surface area contributed by atoms with Gasteiger partial charge in [-0.25, -0.2) is 4.99 Å². The summed E-state index contributed by atoms with van der Waals surface area (Å²) in [4.78, 5) is 21.5. The van der Waals surface area contributed by atoms with Gasteiger partial charge in [0, 0.05) is 13.1 Å². The van der Waals surface area contributed by atoms with Crippen LogP contribution in [-0.4, -0.2) is 40.3 Å². The summed E-state index contributed by atoms with van der Waals surface area (Å²) < 4.78 is 0. The van der Waals surface area contributed by atoms with Crippen molar-refractivity contribution in [2.75, 3.05) is 6.54 Å². The second kappa shape index (κ2) is 5.85. The third-order valence-electron chi connectivity index (χ3n) is 5.12. The van der Waals surface area contributed by atoms with Gasteiger partial charge in [0.15, 0.2) is 0 Å². The average Bonchev–Trinajstić information content (AvgIpc) is 3.17. The predicted molar refractivity (Wildman–Crippen MR) is 92.6 cm³/mol. The highest BCUT2D eigenvalue weighted by molar-refractivity contribution is 6.09. The first-order valence-corrected chi connectivity index (χ1v) is 8.67. The van der Waals surface area contributed by atoms with Gasteiger partial charge in [-0.2, -0.15) is 0 Å². The molecule has 0 radical (unpaired) electrons. The molecule has 0 spiro atoms. The smallest absolute Gasteiger partial charge is 0.280 e. The highest BCUT2D eigenvalue weighted by atomic mass is 16.2. The summed E-state index contributed by atoms with van der Waals surface area (Å²) in [7, 11) is 0. The Kier molecular flexibility index (Phi) is 3.67. The number of likely N-dealkylation sites (N-methyl/N-ethyl adjacent to an activating group) is 1. The molecule has 0 bridgehead atoms. The van der Waals surface area contributed by atoms with E-state index in [1.807, 2.05) is 37.3 Å². The Morgan fingerprint density at radius 1 is 1.29 bits per heavy atom. The summed E-state index contributed by atoms with van der Waals surface area (Å²) >= 11 is 0. The Morgan fingerprint density at radius 2 is 2.08 bits per heavy atom. The van der Waals surface area contributed by atoms with Gasteiger partial charge in [-0.3, -0.25) is 14.6 Å². The van der Waals surface area contributed by atoms with E-state index in [1.165, 1.54) is 6.42 Å². The van der Waals surface area contributed by atoms with Crippen molar-refractivity contribution >= 4 is 11.9 Å². The third-order valence-corrected chi connectivity index (χ3v) is 5.12. The van der Waals surface area contributed by atoms with Crippen LogP contribution in [0, 0.1) is 0 Å². The molecule has 4 rings (SSSR count). The maximum Gasteiger partial charge on any atom is 0.280 e. The first-order chi connectivity index (χ1) is 11.7. The van der Waals surface area contributed by atoms with Crippen molar-refractivity contribution < 1.29 is 4.79 Å². The molecule has 0 saturated heterocycles. The number of fused-ring (bicyclic) bond motifs is 3. The second-order valence-corrected chi connectivity index (χ2v) is 6.51. The number of nitrogens with one attached hydrogen (secondary N) is 1. The summed E-state index contributed by atoms with van der Waals surface area (Å²) in [6.45, 7) is 3.15. The molecule has 1 fully saturated rings. The number of hydrogen-bond donors (Lipinski definition) is 2. The lowest BCUT2D eigenvalue weighted by atomic mass is 10.1. The molecule has 1 amide bonds. The normalized spacial score (nSPS) is 25.7. The number of nitrogens with zero attached hydrogens (tertiary/aromatic N) is 3. The van der Waals surface area contributed by atoms with E-state index in [2.05, 4.69) is 10.2 Å². The molecule has 24 heavy (non-hydrogen) atoms. The number of carbonyl (C=O) groups is 1. The molecule has 6 nitrogen and oxygen atoms in total. The van der Waals surface area contributed by atoms with Crippen LogP contribution in [0.1, 0.15) is 31.7 Å². The van der Waals surface area contributed by atoms with Gasteiger partial charge in [0.1, 0.15) is 11.5 Å². The fourth-order valence-electron chi connectivity index (χ4n) is 3.91. The van der Waals surface area contributed by atoms with E-state index in [9.17, 15) is 4.79 Å². The van der Waals surface area contributed by atoms with Gasteiger partial charge in [-0.05, 0) is 31.7 Å². The van der Waals surface area contributed by atoms with Crippen LogP contribution >= 0.6 is 0 Å². The van der Waals surface area contributed by atoms with Gasteiger partial charge in [0.05, 0.1) is 12.1 Å². The first-order valence-electron chi connectivity index (χ1n) is 8.67. The van der Waals surface area contributed by atoms with E-state index < -0.39 is 0 Å². The number of carbonyl (C=O) groups excluding carboxylic acids is 1. The predicted octanol–water partition coefficient (Wildman–Crippen LogP) is 1.36. The van der Waals surface area contributed by atoms with Crippen molar-refractivity contribution in [3.05, 3.63) is 47.4 Å². The fourth-order valence-corrected chi connectivity index (χ4v) is 3.91. The minimum atomic E-state index is -0.0825. The third kappa shape index (κ3) is 2.25. The zero-order valence-corrected chi connectivity index (χ0v) is 13.9. The summed E-state index contributed by atoms with van der Waals surface area (Å²) in [5, 5.41) is 3.26. The summed E-state index contributed by atoms with van der Waals surface area (Å²) in [6.07, 6.45) is 3.33. The van der Waals surface area contributed by atoms with Crippen LogP contribution in [0.15, 0.2) is 46.8 Å². The van der Waals surface area contributed by atoms with Gasteiger partial charge in [-0.1, -0.05) is 30.3 Å². The molecule has 2 heterocycles. The van der Waals surface area contributed by atoms with Gasteiger partial charge >= 0.3 is 0 Å². The van der Waals surface area contributed by atoms with Crippen molar-refractivity contribution in [2.24, 2.45) is 10.7 Å². The molecule has 3 N–H and O–H groups in total. The zero-order valence-electron chi connectivity index (χ0n) is 13.9. The van der Waals surface area contributed by atoms with Crippen molar-refractivity contribution in [2.45, 2.75) is 44.8 Å². The van der Waals surface area contributed by atoms with E-state index >= 15 is 0 Å². The number of amides is 1. The largest absolute Gasteiger partial charge is 0.383 e. The lowest BCUT2D eigenvalue weighted by Crippen LogP contribution is -2.56. The van der Waals surface area contributed by atoms with Crippen LogP contribution < -0.4 is 11.1 Å². The maximum atomic E-state index is 12.9. The number of aliphatic imine (C=N–C) groups is 1. The molecule has 0 aromatic heterocycles. The number of rotatable bonds is 4. The Bertz CT molecular complexity index is 711. The second-order valence-electron chi connectivity index (χ2n) is 6.51. The molecular formula is C18H23N5O. The quantitative estimate of drug-likeness (QED) is 0.876. The topological polar surface area (TPSA) is 74.0 Å². The van der Waals surface area contributed by atoms with Gasteiger partial charge in [-0.15, -0.1) is 0 Å². The molecule has 126 valence electrons. The summed E-state index contributed by atoms with van der Waals surface area (Å²) in [5.41, 5.74) is 8.02. The van der Waals surface area contributed by atoms with Crippen LogP contribution in [0.4, 0.5) is 0 Å². The Morgan fingerprint density at radius 3 is 2.83 bits per heavy atom. The summed E-state index contributed by atoms with van der Waals surface area (Å²) in [6, 6.07) is 10.6. The van der Waals surface area contributed by atoms with E-state index in [-0.39, 0.29) is 11.9 Å². The van der Waals surface area contributed by atoms with Crippen molar-refractivity contribution in [3.8, 4) is 0 Å². The standard InChI is InChI=1S/C18H23N5O/c1-2-22-17(24)15(20-11-12-7-4-3-5-8-12)16(19)23-14-10-6-9-13(14)21-18(22)23/h3-5,7-8,13-14,20H,2,6,9-11,19H2,1H3/t13-,14+/m1/s1. The molecule has 3 aliphatic rings. The van der Waals surface area contributed by atoms with Crippen LogP contribution in [0.5, 0.6) is 0 Å². The number of benzene rings is 1. The molecule has 2 atom stereocenters. The lowest BCUT2D eigenvalue weighted by molar-refractivity contribution is -0.125. The first kappa shape index (κ1) is 15.1. The Labute approximate surface area is 142 Å². The minimum Gasteiger partial charge on any atom is -0.383 e. The van der Waals surface area contributed by atoms with Crippen molar-refractivity contribution in [1.29, 1.82) is 0 Å². The van der Waals surface area contributed by atoms with Crippen LogP contribution in [-0.2, 0) is 11.3 Å². The fraction of sp³-hybridized carbons (Fsp3) is 0.444. The van der Waals surface area contributed by atoms with Gasteiger partial charge < -0.3 is 11.1 Å². The van der Waals surface area contributed by atoms with E-state index in [0.717, 1.165) is 24.4 Å². The van der Waals surface area contributed by atoms with Gasteiger partial charge in [0.25, 0.3) is 5.91 Å². The summed E-state index contributed by atoms with van der Waals surface area (Å²) in [5.74, 6) is 1.18. The molecular weight excluding hydrogens is 302 g/mol. The Balaban J connectivity index is 1.65. The zero-order chi connectivity index (χ0) is 16.7. The minimum absolute atomic E-state index is 0.0825. The molecule has 0 unspecified atom stereocenters. The number of hydrogen-bond acceptors (Lipinski definition) is 5. The van der Waals surface area contributed by atoms with Crippen LogP contribution in [0.3, 0.4) is 0 Å². The van der Waals surface area contributed by atoms with Crippen LogP contribution in [0.2, 0.25) is 0 Å². The molecule has 1 saturated carbocycles. The molecule has 2 aliphatic heterocycles. The highest BCUT2D eigenvalue weighted by Gasteiger charge is 2.47. The Hall–Kier alpha value is -2.50. The monoisotopic (exact) mass is 325 g/mol. The maximum absolute atomic E-state index is 12.9. The number of nitrogens with two attached hydrogens (primary N) is 1. The highest BCUT2D eigenvalue weighted by Crippen LogP contribution is 2.36. The van der Waals surface area contributed by atoms with E-state index in [0.29, 0.717) is 30.6 Å². The average molecular weight is 325 g/mol. The molecule has 1 aliphatic carbocycles. The molecule has 6 heteroatoms. The van der Waals surface area contributed by atoms with E-state index in [1.54, 1.807) is 4.90 Å². The van der Waals surface area contributed by atoms with Gasteiger partial charge in [0.2, 0.25) is 5.96 Å². The molecule has 1 aromatic carbocycles. The van der Waals surface area contributed by atoms with Crippen molar-refractivity contribution in [1.82, 2.24) is 15.1 Å².